The van der Waals surface area contributed by atoms with Crippen molar-refractivity contribution in [2.45, 2.75) is 19.3 Å². The second-order valence-electron chi connectivity index (χ2n) is 3.63. The average Bonchev–Trinajstić information content (AvgIpc) is 2.26. The van der Waals surface area contributed by atoms with Crippen molar-refractivity contribution in [1.29, 1.82) is 0 Å². The molecule has 102 valence electrons. The highest BCUT2D eigenvalue weighted by atomic mass is 79.9. The monoisotopic (exact) mass is 326 g/mol. The Labute approximate surface area is 112 Å². The smallest absolute Gasteiger partial charge is 0.405 e. The molecule has 0 saturated heterocycles. The lowest BCUT2D eigenvalue weighted by atomic mass is 10.2. The van der Waals surface area contributed by atoms with Gasteiger partial charge in [0.25, 0.3) is 0 Å². The van der Waals surface area contributed by atoms with Gasteiger partial charge < -0.3 is 15.8 Å². The molecule has 3 N–H and O–H groups in total. The molecule has 3 nitrogen and oxygen atoms in total. The first-order valence-electron chi connectivity index (χ1n) is 5.37. The fraction of sp³-hybridized carbons (Fsp3) is 0.455. The van der Waals surface area contributed by atoms with Crippen molar-refractivity contribution < 1.29 is 17.9 Å². The second kappa shape index (κ2) is 6.96. The zero-order valence-electron chi connectivity index (χ0n) is 9.56. The fourth-order valence-corrected chi connectivity index (χ4v) is 1.83. The molecule has 1 aromatic carbocycles. The molecule has 0 aromatic heterocycles. The summed E-state index contributed by atoms with van der Waals surface area (Å²) >= 11 is 3.05. The van der Waals surface area contributed by atoms with Crippen LogP contribution in [0.4, 0.5) is 13.2 Å². The number of nitrogens with two attached hydrogens (primary N) is 1. The van der Waals surface area contributed by atoms with Crippen molar-refractivity contribution in [2.75, 3.05) is 13.1 Å². The molecule has 0 saturated carbocycles. The Morgan fingerprint density at radius 1 is 1.33 bits per heavy atom. The van der Waals surface area contributed by atoms with E-state index < -0.39 is 6.36 Å². The number of rotatable bonds is 6. The average molecular weight is 327 g/mol. The van der Waals surface area contributed by atoms with Crippen molar-refractivity contribution in [3.8, 4) is 5.75 Å². The van der Waals surface area contributed by atoms with E-state index in [2.05, 4.69) is 26.0 Å². The summed E-state index contributed by atoms with van der Waals surface area (Å²) in [5, 5.41) is 3.13. The largest absolute Gasteiger partial charge is 0.573 e. The molecular weight excluding hydrogens is 313 g/mol. The van der Waals surface area contributed by atoms with Gasteiger partial charge in [-0.1, -0.05) is 6.07 Å². The number of alkyl halides is 3. The molecule has 0 aliphatic heterocycles. The van der Waals surface area contributed by atoms with E-state index >= 15 is 0 Å². The number of ether oxygens (including phenoxy) is 1. The number of benzene rings is 1. The third-order valence-electron chi connectivity index (χ3n) is 2.11. The molecule has 0 heterocycles. The number of hydrogen-bond donors (Lipinski definition) is 2. The number of hydrogen-bond acceptors (Lipinski definition) is 3. The number of halogens is 4. The van der Waals surface area contributed by atoms with Gasteiger partial charge in [0.15, 0.2) is 0 Å². The van der Waals surface area contributed by atoms with E-state index in [-0.39, 0.29) is 10.2 Å². The van der Waals surface area contributed by atoms with Crippen LogP contribution in [0, 0.1) is 0 Å². The Hall–Kier alpha value is -0.790. The van der Waals surface area contributed by atoms with E-state index in [1.165, 1.54) is 6.07 Å². The van der Waals surface area contributed by atoms with Gasteiger partial charge in [0.1, 0.15) is 5.75 Å². The topological polar surface area (TPSA) is 47.3 Å². The summed E-state index contributed by atoms with van der Waals surface area (Å²) in [4.78, 5) is 0. The molecule has 7 heteroatoms. The Balaban J connectivity index is 2.56. The standard InChI is InChI=1S/C11H14BrF3N2O/c12-9-6-8(7-17-5-1-4-16)2-3-10(9)18-11(13,14)15/h2-3,6,17H,1,4-5,7,16H2. The first-order valence-corrected chi connectivity index (χ1v) is 6.16. The van der Waals surface area contributed by atoms with Crippen LogP contribution < -0.4 is 15.8 Å². The van der Waals surface area contributed by atoms with Crippen LogP contribution in [-0.4, -0.2) is 19.5 Å². The molecule has 0 spiro atoms. The molecule has 0 amide bonds. The number of nitrogens with one attached hydrogen (secondary N) is 1. The Kier molecular flexibility index (Phi) is 5.90. The van der Waals surface area contributed by atoms with Gasteiger partial charge in [-0.15, -0.1) is 13.2 Å². The van der Waals surface area contributed by atoms with Crippen LogP contribution in [-0.2, 0) is 6.54 Å². The maximum absolute atomic E-state index is 12.0. The van der Waals surface area contributed by atoms with E-state index in [1.54, 1.807) is 12.1 Å². The third-order valence-corrected chi connectivity index (χ3v) is 2.73. The summed E-state index contributed by atoms with van der Waals surface area (Å²) in [7, 11) is 0. The van der Waals surface area contributed by atoms with Crippen molar-refractivity contribution in [1.82, 2.24) is 5.32 Å². The van der Waals surface area contributed by atoms with E-state index in [4.69, 9.17) is 5.73 Å². The van der Waals surface area contributed by atoms with Gasteiger partial charge in [0.05, 0.1) is 4.47 Å². The maximum atomic E-state index is 12.0. The lowest BCUT2D eigenvalue weighted by Crippen LogP contribution is -2.18. The summed E-state index contributed by atoms with van der Waals surface area (Å²) in [5.74, 6) is -0.242. The highest BCUT2D eigenvalue weighted by molar-refractivity contribution is 9.10. The van der Waals surface area contributed by atoms with Crippen LogP contribution >= 0.6 is 15.9 Å². The predicted molar refractivity (Wildman–Crippen MR) is 66.2 cm³/mol. The minimum absolute atomic E-state index is 0.242. The highest BCUT2D eigenvalue weighted by Gasteiger charge is 2.31. The van der Waals surface area contributed by atoms with Crippen LogP contribution in [0.1, 0.15) is 12.0 Å². The first-order chi connectivity index (χ1) is 8.42. The van der Waals surface area contributed by atoms with Gasteiger partial charge in [0.2, 0.25) is 0 Å². The molecule has 0 bridgehead atoms. The molecule has 0 radical (unpaired) electrons. The van der Waals surface area contributed by atoms with E-state index in [0.29, 0.717) is 13.1 Å². The quantitative estimate of drug-likeness (QED) is 0.790. The van der Waals surface area contributed by atoms with E-state index in [1.807, 2.05) is 0 Å². The summed E-state index contributed by atoms with van der Waals surface area (Å²) in [6.45, 7) is 1.95. The fourth-order valence-electron chi connectivity index (χ4n) is 1.32. The zero-order valence-corrected chi connectivity index (χ0v) is 11.1. The van der Waals surface area contributed by atoms with Gasteiger partial charge in [-0.25, -0.2) is 0 Å². The van der Waals surface area contributed by atoms with Crippen LogP contribution in [0.5, 0.6) is 5.75 Å². The van der Waals surface area contributed by atoms with Crippen LogP contribution in [0.3, 0.4) is 0 Å². The summed E-state index contributed by atoms with van der Waals surface area (Å²) < 4.78 is 40.2. The van der Waals surface area contributed by atoms with E-state index in [0.717, 1.165) is 18.5 Å². The highest BCUT2D eigenvalue weighted by Crippen LogP contribution is 2.30. The second-order valence-corrected chi connectivity index (χ2v) is 4.49. The SMILES string of the molecule is NCCCNCc1ccc(OC(F)(F)F)c(Br)c1. The van der Waals surface area contributed by atoms with Gasteiger partial charge in [-0.3, -0.25) is 0 Å². The Bertz CT molecular complexity index is 385. The van der Waals surface area contributed by atoms with Crippen molar-refractivity contribution in [3.05, 3.63) is 28.2 Å². The summed E-state index contributed by atoms with van der Waals surface area (Å²) in [6, 6.07) is 4.47. The van der Waals surface area contributed by atoms with Gasteiger partial charge >= 0.3 is 6.36 Å². The minimum atomic E-state index is -4.68. The summed E-state index contributed by atoms with van der Waals surface area (Å²) in [6.07, 6.45) is -3.82. The van der Waals surface area contributed by atoms with Crippen molar-refractivity contribution >= 4 is 15.9 Å². The molecule has 1 rings (SSSR count). The van der Waals surface area contributed by atoms with Gasteiger partial charge in [0, 0.05) is 6.54 Å². The maximum Gasteiger partial charge on any atom is 0.573 e. The normalized spacial score (nSPS) is 11.6. The molecule has 18 heavy (non-hydrogen) atoms. The lowest BCUT2D eigenvalue weighted by molar-refractivity contribution is -0.274. The minimum Gasteiger partial charge on any atom is -0.405 e. The molecule has 0 unspecified atom stereocenters. The van der Waals surface area contributed by atoms with Crippen molar-refractivity contribution in [3.63, 3.8) is 0 Å². The molecular formula is C11H14BrF3N2O. The molecule has 1 aromatic rings. The zero-order chi connectivity index (χ0) is 13.6. The first kappa shape index (κ1) is 15.3. The Morgan fingerprint density at radius 2 is 2.06 bits per heavy atom. The van der Waals surface area contributed by atoms with Crippen molar-refractivity contribution in [2.24, 2.45) is 5.73 Å². The van der Waals surface area contributed by atoms with Crippen LogP contribution in [0.15, 0.2) is 22.7 Å². The third kappa shape index (κ3) is 5.70. The van der Waals surface area contributed by atoms with Gasteiger partial charge in [-0.05, 0) is 53.1 Å². The molecule has 0 fully saturated rings. The Morgan fingerprint density at radius 3 is 2.61 bits per heavy atom. The molecule has 0 aliphatic carbocycles. The predicted octanol–water partition coefficient (Wildman–Crippen LogP) is 2.79. The summed E-state index contributed by atoms with van der Waals surface area (Å²) in [5.41, 5.74) is 6.21. The van der Waals surface area contributed by atoms with Gasteiger partial charge in [-0.2, -0.15) is 0 Å². The molecule has 0 atom stereocenters. The van der Waals surface area contributed by atoms with E-state index in [9.17, 15) is 13.2 Å². The van der Waals surface area contributed by atoms with Crippen LogP contribution in [0.25, 0.3) is 0 Å². The molecule has 0 aliphatic rings. The lowest BCUT2D eigenvalue weighted by Gasteiger charge is -2.11. The van der Waals surface area contributed by atoms with Crippen LogP contribution in [0.2, 0.25) is 0 Å².